The third kappa shape index (κ3) is 3.60. The van der Waals surface area contributed by atoms with Crippen molar-refractivity contribution in [3.05, 3.63) is 29.8 Å². The molecule has 0 bridgehead atoms. The molecule has 1 aliphatic heterocycles. The lowest BCUT2D eigenvalue weighted by atomic mass is 10.0. The molecule has 1 aromatic carbocycles. The van der Waals surface area contributed by atoms with Crippen LogP contribution in [0.4, 0.5) is 0 Å². The molecule has 0 spiro atoms. The molecular weight excluding hydrogens is 318 g/mol. The molecule has 1 atom stereocenters. The number of sulfone groups is 1. The zero-order valence-corrected chi connectivity index (χ0v) is 12.9. The fourth-order valence-electron chi connectivity index (χ4n) is 2.25. The van der Waals surface area contributed by atoms with Crippen molar-refractivity contribution in [2.75, 3.05) is 11.5 Å². The number of carboxylic acids is 1. The summed E-state index contributed by atoms with van der Waals surface area (Å²) >= 11 is 0. The number of benzene rings is 1. The van der Waals surface area contributed by atoms with E-state index in [1.54, 1.807) is 6.92 Å². The first-order valence-corrected chi connectivity index (χ1v) is 9.41. The van der Waals surface area contributed by atoms with Crippen LogP contribution in [0.5, 0.6) is 0 Å². The number of rotatable bonds is 4. The highest BCUT2D eigenvalue weighted by Gasteiger charge is 2.41. The van der Waals surface area contributed by atoms with Crippen LogP contribution < -0.4 is 4.72 Å². The van der Waals surface area contributed by atoms with Gasteiger partial charge in [-0.15, -0.1) is 0 Å². The summed E-state index contributed by atoms with van der Waals surface area (Å²) in [5, 5.41) is 8.78. The average molecular weight is 333 g/mol. The van der Waals surface area contributed by atoms with Crippen molar-refractivity contribution in [2.24, 2.45) is 0 Å². The molecule has 1 saturated heterocycles. The molecule has 7 nitrogen and oxygen atoms in total. The summed E-state index contributed by atoms with van der Waals surface area (Å²) in [6, 6.07) is 4.73. The smallest absolute Gasteiger partial charge is 0.335 e. The van der Waals surface area contributed by atoms with Crippen LogP contribution in [-0.4, -0.2) is 45.0 Å². The van der Waals surface area contributed by atoms with E-state index in [0.29, 0.717) is 0 Å². The Balaban J connectivity index is 2.25. The Hall–Kier alpha value is -1.45. The molecule has 2 N–H and O–H groups in total. The van der Waals surface area contributed by atoms with Crippen LogP contribution in [0.2, 0.25) is 0 Å². The summed E-state index contributed by atoms with van der Waals surface area (Å²) in [5.74, 6) is -1.45. The van der Waals surface area contributed by atoms with Crippen LogP contribution >= 0.6 is 0 Å². The van der Waals surface area contributed by atoms with E-state index in [0.717, 1.165) is 0 Å². The lowest BCUT2D eigenvalue weighted by Gasteiger charge is -2.23. The number of sulfonamides is 1. The molecule has 2 rings (SSSR count). The molecule has 1 heterocycles. The van der Waals surface area contributed by atoms with Crippen molar-refractivity contribution in [1.82, 2.24) is 4.72 Å². The van der Waals surface area contributed by atoms with E-state index in [2.05, 4.69) is 4.72 Å². The quantitative estimate of drug-likeness (QED) is 0.815. The van der Waals surface area contributed by atoms with Crippen LogP contribution in [0, 0.1) is 0 Å². The topological polar surface area (TPSA) is 118 Å². The van der Waals surface area contributed by atoms with Gasteiger partial charge in [-0.2, -0.15) is 0 Å². The number of hydrogen-bond donors (Lipinski definition) is 2. The van der Waals surface area contributed by atoms with E-state index in [1.807, 2.05) is 0 Å². The Bertz CT molecular complexity index is 766. The van der Waals surface area contributed by atoms with Gasteiger partial charge in [-0.1, -0.05) is 0 Å². The molecule has 0 aromatic heterocycles. The van der Waals surface area contributed by atoms with E-state index in [4.69, 9.17) is 5.11 Å². The summed E-state index contributed by atoms with van der Waals surface area (Å²) < 4.78 is 49.8. The van der Waals surface area contributed by atoms with Crippen LogP contribution in [0.25, 0.3) is 0 Å². The highest BCUT2D eigenvalue weighted by atomic mass is 32.2. The molecular formula is C12H15NO6S2. The molecule has 1 unspecified atom stereocenters. The fraction of sp³-hybridized carbons (Fsp3) is 0.417. The van der Waals surface area contributed by atoms with Crippen LogP contribution in [0.15, 0.2) is 29.2 Å². The minimum atomic E-state index is -3.90. The highest BCUT2D eigenvalue weighted by Crippen LogP contribution is 2.25. The van der Waals surface area contributed by atoms with E-state index in [-0.39, 0.29) is 28.4 Å². The first-order valence-electron chi connectivity index (χ1n) is 6.11. The molecule has 1 fully saturated rings. The van der Waals surface area contributed by atoms with E-state index < -0.39 is 31.4 Å². The second kappa shape index (κ2) is 5.08. The van der Waals surface area contributed by atoms with Crippen molar-refractivity contribution < 1.29 is 26.7 Å². The van der Waals surface area contributed by atoms with Gasteiger partial charge in [-0.05, 0) is 37.6 Å². The number of hydrogen-bond acceptors (Lipinski definition) is 5. The summed E-state index contributed by atoms with van der Waals surface area (Å²) in [4.78, 5) is 10.6. The molecule has 116 valence electrons. The third-order valence-electron chi connectivity index (χ3n) is 3.30. The normalized spacial score (nSPS) is 24.8. The number of carbonyl (C=O) groups is 1. The zero-order valence-electron chi connectivity index (χ0n) is 11.2. The second-order valence-electron chi connectivity index (χ2n) is 5.34. The number of nitrogens with one attached hydrogen (secondary N) is 1. The molecule has 21 heavy (non-hydrogen) atoms. The predicted molar refractivity (Wildman–Crippen MR) is 75.4 cm³/mol. The van der Waals surface area contributed by atoms with Gasteiger partial charge in [-0.3, -0.25) is 0 Å². The Morgan fingerprint density at radius 3 is 2.29 bits per heavy atom. The largest absolute Gasteiger partial charge is 0.478 e. The SMILES string of the molecule is CC1(NS(=O)(=O)c2ccc(C(=O)O)cc2)CCS(=O)(=O)C1. The molecule has 0 aliphatic carbocycles. The van der Waals surface area contributed by atoms with Gasteiger partial charge < -0.3 is 5.11 Å². The molecule has 0 amide bonds. The van der Waals surface area contributed by atoms with E-state index in [1.165, 1.54) is 24.3 Å². The molecule has 1 aromatic rings. The minimum Gasteiger partial charge on any atom is -0.478 e. The fourth-order valence-corrected chi connectivity index (χ4v) is 5.87. The highest BCUT2D eigenvalue weighted by molar-refractivity contribution is 7.92. The minimum absolute atomic E-state index is 0.0244. The van der Waals surface area contributed by atoms with Gasteiger partial charge in [0.15, 0.2) is 9.84 Å². The van der Waals surface area contributed by atoms with Crippen LogP contribution in [-0.2, 0) is 19.9 Å². The lowest BCUT2D eigenvalue weighted by molar-refractivity contribution is 0.0696. The summed E-state index contributed by atoms with van der Waals surface area (Å²) in [7, 11) is -7.13. The Kier molecular flexibility index (Phi) is 3.85. The number of carboxylic acid groups (broad SMARTS) is 1. The molecule has 0 radical (unpaired) electrons. The van der Waals surface area contributed by atoms with E-state index >= 15 is 0 Å². The maximum Gasteiger partial charge on any atom is 0.335 e. The summed E-state index contributed by atoms with van der Waals surface area (Å²) in [5.41, 5.74) is -1.06. The second-order valence-corrected chi connectivity index (χ2v) is 9.20. The first-order chi connectivity index (χ1) is 9.53. The predicted octanol–water partition coefficient (Wildman–Crippen LogP) is 0.240. The van der Waals surface area contributed by atoms with E-state index in [9.17, 15) is 21.6 Å². The van der Waals surface area contributed by atoms with Gasteiger partial charge in [-0.25, -0.2) is 26.4 Å². The van der Waals surface area contributed by atoms with Gasteiger partial charge in [0, 0.05) is 5.54 Å². The van der Waals surface area contributed by atoms with Gasteiger partial charge in [0.1, 0.15) is 0 Å². The molecule has 9 heteroatoms. The Morgan fingerprint density at radius 1 is 1.29 bits per heavy atom. The van der Waals surface area contributed by atoms with Crippen LogP contribution in [0.1, 0.15) is 23.7 Å². The molecule has 0 saturated carbocycles. The van der Waals surface area contributed by atoms with Crippen molar-refractivity contribution in [2.45, 2.75) is 23.8 Å². The third-order valence-corrected chi connectivity index (χ3v) is 6.85. The monoisotopic (exact) mass is 333 g/mol. The Labute approximate surface area is 123 Å². The van der Waals surface area contributed by atoms with Gasteiger partial charge in [0.2, 0.25) is 10.0 Å². The van der Waals surface area contributed by atoms with Gasteiger partial charge in [0.05, 0.1) is 22.0 Å². The maximum atomic E-state index is 12.2. The zero-order chi connectivity index (χ0) is 15.9. The van der Waals surface area contributed by atoms with Crippen LogP contribution in [0.3, 0.4) is 0 Å². The lowest BCUT2D eigenvalue weighted by Crippen LogP contribution is -2.46. The van der Waals surface area contributed by atoms with Crippen molar-refractivity contribution in [1.29, 1.82) is 0 Å². The van der Waals surface area contributed by atoms with Crippen molar-refractivity contribution >= 4 is 25.8 Å². The standard InChI is InChI=1S/C12H15NO6S2/c1-12(6-7-20(16,17)8-12)13-21(18,19)10-4-2-9(3-5-10)11(14)15/h2-5,13H,6-8H2,1H3,(H,14,15). The number of aromatic carboxylic acids is 1. The Morgan fingerprint density at radius 2 is 1.86 bits per heavy atom. The van der Waals surface area contributed by atoms with Gasteiger partial charge in [0.25, 0.3) is 0 Å². The molecule has 1 aliphatic rings. The average Bonchev–Trinajstić information content (AvgIpc) is 2.62. The first kappa shape index (κ1) is 15.9. The van der Waals surface area contributed by atoms with Crippen molar-refractivity contribution in [3.8, 4) is 0 Å². The van der Waals surface area contributed by atoms with Gasteiger partial charge >= 0.3 is 5.97 Å². The summed E-state index contributed by atoms with van der Waals surface area (Å²) in [6.45, 7) is 1.54. The maximum absolute atomic E-state index is 12.2. The summed E-state index contributed by atoms with van der Waals surface area (Å²) in [6.07, 6.45) is 0.210. The van der Waals surface area contributed by atoms with Crippen molar-refractivity contribution in [3.63, 3.8) is 0 Å².